The zero-order valence-electron chi connectivity index (χ0n) is 19.4. The largest absolute Gasteiger partial charge is 0.465 e. The topological polar surface area (TPSA) is 78.8 Å². The van der Waals surface area contributed by atoms with Gasteiger partial charge in [0.1, 0.15) is 5.58 Å². The molecule has 1 aliphatic rings. The smallest absolute Gasteiger partial charge is 0.338 e. The highest BCUT2D eigenvalue weighted by Crippen LogP contribution is 2.26. The summed E-state index contributed by atoms with van der Waals surface area (Å²) in [7, 11) is 1.40. The Hall–Kier alpha value is -3.58. The summed E-state index contributed by atoms with van der Waals surface area (Å²) in [5.74, 6) is -0.318. The molecule has 2 aromatic heterocycles. The van der Waals surface area contributed by atoms with Crippen molar-refractivity contribution in [3.63, 3.8) is 0 Å². The Morgan fingerprint density at radius 2 is 1.85 bits per heavy atom. The molecule has 0 amide bonds. The summed E-state index contributed by atoms with van der Waals surface area (Å²) in [6.45, 7) is 4.84. The van der Waals surface area contributed by atoms with Gasteiger partial charge in [-0.05, 0) is 55.6 Å². The molecule has 176 valence electrons. The number of rotatable bonds is 7. The van der Waals surface area contributed by atoms with Crippen LogP contribution in [-0.2, 0) is 11.2 Å². The molecule has 0 aliphatic carbocycles. The second kappa shape index (κ2) is 9.73. The van der Waals surface area contributed by atoms with Gasteiger partial charge < -0.3 is 19.0 Å². The third-order valence-electron chi connectivity index (χ3n) is 6.70. The van der Waals surface area contributed by atoms with Crippen molar-refractivity contribution in [1.29, 1.82) is 0 Å². The van der Waals surface area contributed by atoms with Crippen molar-refractivity contribution in [2.75, 3.05) is 44.7 Å². The van der Waals surface area contributed by atoms with Crippen LogP contribution in [0.2, 0.25) is 0 Å². The molecule has 34 heavy (non-hydrogen) atoms. The zero-order valence-corrected chi connectivity index (χ0v) is 19.4. The van der Waals surface area contributed by atoms with Crippen LogP contribution in [0.3, 0.4) is 0 Å². The standard InChI is InChI=1S/C27H29N3O4/c1-33-27(32)19-9-10-21-20(18-28-23(21)16-19)6-4-5-11-29-12-14-30(15-13-29)24-17-26(31)34-25-8-3-2-7-22(24)25/h2-3,7-10,16-18,28H,4-6,11-15H2,1H3. The lowest BCUT2D eigenvalue weighted by Gasteiger charge is -2.36. The van der Waals surface area contributed by atoms with Crippen molar-refractivity contribution in [3.8, 4) is 0 Å². The van der Waals surface area contributed by atoms with Crippen molar-refractivity contribution >= 4 is 33.5 Å². The maximum absolute atomic E-state index is 12.0. The number of methoxy groups -OCH3 is 1. The van der Waals surface area contributed by atoms with Gasteiger partial charge in [0.15, 0.2) is 0 Å². The number of carbonyl (C=O) groups excluding carboxylic acids is 1. The Labute approximate surface area is 197 Å². The Kier molecular flexibility index (Phi) is 6.36. The number of aromatic nitrogens is 1. The molecule has 0 atom stereocenters. The lowest BCUT2D eigenvalue weighted by Crippen LogP contribution is -2.46. The van der Waals surface area contributed by atoms with Crippen molar-refractivity contribution in [2.24, 2.45) is 0 Å². The number of unbranched alkanes of at least 4 members (excludes halogenated alkanes) is 1. The Bertz CT molecular complexity index is 1370. The van der Waals surface area contributed by atoms with Gasteiger partial charge in [-0.25, -0.2) is 9.59 Å². The quantitative estimate of drug-likeness (QED) is 0.253. The number of piperazine rings is 1. The molecule has 0 spiro atoms. The number of fused-ring (bicyclic) bond motifs is 2. The van der Waals surface area contributed by atoms with Gasteiger partial charge in [-0.3, -0.25) is 4.90 Å². The van der Waals surface area contributed by atoms with Crippen LogP contribution >= 0.6 is 0 Å². The van der Waals surface area contributed by atoms with Gasteiger partial charge in [0, 0.05) is 54.7 Å². The van der Waals surface area contributed by atoms with Crippen LogP contribution < -0.4 is 10.5 Å². The number of esters is 1. The monoisotopic (exact) mass is 459 g/mol. The molecule has 1 aliphatic heterocycles. The maximum atomic E-state index is 12.0. The molecule has 4 aromatic rings. The van der Waals surface area contributed by atoms with Gasteiger partial charge in [-0.1, -0.05) is 18.2 Å². The van der Waals surface area contributed by atoms with E-state index in [0.717, 1.165) is 68.6 Å². The Balaban J connectivity index is 1.12. The van der Waals surface area contributed by atoms with Gasteiger partial charge in [0.2, 0.25) is 0 Å². The minimum Gasteiger partial charge on any atom is -0.465 e. The molecule has 1 saturated heterocycles. The zero-order chi connectivity index (χ0) is 23.5. The molecular formula is C27H29N3O4. The molecule has 7 heteroatoms. The van der Waals surface area contributed by atoms with Crippen LogP contribution in [0.1, 0.15) is 28.8 Å². The molecule has 0 radical (unpaired) electrons. The number of hydrogen-bond donors (Lipinski definition) is 1. The van der Waals surface area contributed by atoms with E-state index in [9.17, 15) is 9.59 Å². The van der Waals surface area contributed by atoms with Crippen LogP contribution in [0.25, 0.3) is 21.9 Å². The second-order valence-electron chi connectivity index (χ2n) is 8.80. The fourth-order valence-corrected chi connectivity index (χ4v) is 4.86. The predicted molar refractivity (Wildman–Crippen MR) is 134 cm³/mol. The van der Waals surface area contributed by atoms with Crippen molar-refractivity contribution in [2.45, 2.75) is 19.3 Å². The van der Waals surface area contributed by atoms with Crippen LogP contribution in [0.5, 0.6) is 0 Å². The Morgan fingerprint density at radius 3 is 2.68 bits per heavy atom. The lowest BCUT2D eigenvalue weighted by atomic mass is 10.1. The average molecular weight is 460 g/mol. The van der Waals surface area contributed by atoms with Gasteiger partial charge in [0.05, 0.1) is 18.4 Å². The summed E-state index contributed by atoms with van der Waals surface area (Å²) in [6, 6.07) is 15.0. The van der Waals surface area contributed by atoms with Crippen LogP contribution in [0, 0.1) is 0 Å². The van der Waals surface area contributed by atoms with E-state index in [1.165, 1.54) is 18.1 Å². The van der Waals surface area contributed by atoms with E-state index in [1.54, 1.807) is 6.07 Å². The summed E-state index contributed by atoms with van der Waals surface area (Å²) in [5.41, 5.74) is 4.14. The summed E-state index contributed by atoms with van der Waals surface area (Å²) >= 11 is 0. The number of H-pyrrole nitrogens is 1. The molecule has 5 rings (SSSR count). The SMILES string of the molecule is COC(=O)c1ccc2c(CCCCN3CCN(c4cc(=O)oc5ccccc45)CC3)c[nH]c2c1. The number of ether oxygens (including phenoxy) is 1. The summed E-state index contributed by atoms with van der Waals surface area (Å²) in [6.07, 6.45) is 5.29. The maximum Gasteiger partial charge on any atom is 0.338 e. The van der Waals surface area contributed by atoms with E-state index in [2.05, 4.69) is 14.8 Å². The van der Waals surface area contributed by atoms with E-state index in [0.29, 0.717) is 11.1 Å². The third kappa shape index (κ3) is 4.56. The highest BCUT2D eigenvalue weighted by molar-refractivity contribution is 5.95. The van der Waals surface area contributed by atoms with Crippen molar-refractivity contribution < 1.29 is 13.9 Å². The minimum atomic E-state index is -0.318. The summed E-state index contributed by atoms with van der Waals surface area (Å²) in [4.78, 5) is 31.8. The number of hydrogen-bond acceptors (Lipinski definition) is 6. The number of para-hydroxylation sites is 1. The molecule has 7 nitrogen and oxygen atoms in total. The van der Waals surface area contributed by atoms with Gasteiger partial charge in [-0.15, -0.1) is 0 Å². The fourth-order valence-electron chi connectivity index (χ4n) is 4.86. The third-order valence-corrected chi connectivity index (χ3v) is 6.70. The summed E-state index contributed by atoms with van der Waals surface area (Å²) in [5, 5.41) is 2.16. The van der Waals surface area contributed by atoms with Gasteiger partial charge >= 0.3 is 11.6 Å². The number of benzene rings is 2. The number of carbonyl (C=O) groups is 1. The van der Waals surface area contributed by atoms with E-state index in [-0.39, 0.29) is 11.6 Å². The van der Waals surface area contributed by atoms with E-state index in [4.69, 9.17) is 9.15 Å². The van der Waals surface area contributed by atoms with Crippen molar-refractivity contribution in [3.05, 3.63) is 76.3 Å². The molecule has 0 unspecified atom stereocenters. The molecule has 0 bridgehead atoms. The molecule has 2 aromatic carbocycles. The molecule has 1 N–H and O–H groups in total. The summed E-state index contributed by atoms with van der Waals surface area (Å²) < 4.78 is 10.1. The first-order valence-electron chi connectivity index (χ1n) is 11.8. The Morgan fingerprint density at radius 1 is 1.03 bits per heavy atom. The number of aryl methyl sites for hydroxylation is 1. The molecule has 1 fully saturated rings. The number of anilines is 1. The normalized spacial score (nSPS) is 14.7. The van der Waals surface area contributed by atoms with Crippen LogP contribution in [0.15, 0.2) is 63.9 Å². The first-order valence-corrected chi connectivity index (χ1v) is 11.8. The predicted octanol–water partition coefficient (Wildman–Crippen LogP) is 4.21. The first kappa shape index (κ1) is 22.2. The first-order chi connectivity index (χ1) is 16.6. The second-order valence-corrected chi connectivity index (χ2v) is 8.80. The number of nitrogens with zero attached hydrogens (tertiary/aromatic N) is 2. The van der Waals surface area contributed by atoms with Gasteiger partial charge in [0.25, 0.3) is 0 Å². The highest BCUT2D eigenvalue weighted by atomic mass is 16.5. The van der Waals surface area contributed by atoms with E-state index < -0.39 is 0 Å². The molecular weight excluding hydrogens is 430 g/mol. The van der Waals surface area contributed by atoms with E-state index >= 15 is 0 Å². The lowest BCUT2D eigenvalue weighted by molar-refractivity contribution is 0.0601. The average Bonchev–Trinajstić information content (AvgIpc) is 3.28. The minimum absolute atomic E-state index is 0.296. The number of nitrogens with one attached hydrogen (secondary N) is 1. The fraction of sp³-hybridized carbons (Fsp3) is 0.333. The van der Waals surface area contributed by atoms with E-state index in [1.807, 2.05) is 48.7 Å². The molecule has 0 saturated carbocycles. The van der Waals surface area contributed by atoms with Crippen LogP contribution in [0.4, 0.5) is 5.69 Å². The molecule has 3 heterocycles. The van der Waals surface area contributed by atoms with Gasteiger partial charge in [-0.2, -0.15) is 0 Å². The highest BCUT2D eigenvalue weighted by Gasteiger charge is 2.19. The number of aromatic amines is 1. The van der Waals surface area contributed by atoms with Crippen LogP contribution in [-0.4, -0.2) is 55.7 Å². The van der Waals surface area contributed by atoms with Crippen molar-refractivity contribution in [1.82, 2.24) is 9.88 Å².